The third-order valence-electron chi connectivity index (χ3n) is 3.70. The molecule has 3 N–H and O–H groups in total. The fourth-order valence-corrected chi connectivity index (χ4v) is 3.29. The minimum Gasteiger partial charge on any atom is -0.422 e. The van der Waals surface area contributed by atoms with Gasteiger partial charge >= 0.3 is 5.97 Å². The highest BCUT2D eigenvalue weighted by Gasteiger charge is 2.18. The number of nitrogens with zero attached hydrogens (tertiary/aromatic N) is 2. The van der Waals surface area contributed by atoms with Gasteiger partial charge in [-0.05, 0) is 43.5 Å². The zero-order valence-electron chi connectivity index (χ0n) is 12.6. The molecule has 3 rings (SSSR count). The molecule has 1 fully saturated rings. The van der Waals surface area contributed by atoms with Crippen molar-refractivity contribution in [3.63, 3.8) is 0 Å². The van der Waals surface area contributed by atoms with Crippen LogP contribution in [-0.2, 0) is 0 Å². The molecule has 7 heteroatoms. The number of nitrogens with one attached hydrogen (secondary N) is 1. The molecular formula is C16H18N4O2S. The van der Waals surface area contributed by atoms with Gasteiger partial charge in [-0.1, -0.05) is 11.3 Å². The lowest BCUT2D eigenvalue weighted by Gasteiger charge is -2.25. The quantitative estimate of drug-likeness (QED) is 0.389. The summed E-state index contributed by atoms with van der Waals surface area (Å²) >= 11 is 1.36. The molecule has 23 heavy (non-hydrogen) atoms. The summed E-state index contributed by atoms with van der Waals surface area (Å²) in [6, 6.07) is 6.55. The molecule has 1 aromatic carbocycles. The number of benzene rings is 1. The molecule has 0 spiro atoms. The second-order valence-electron chi connectivity index (χ2n) is 5.38. The largest absolute Gasteiger partial charge is 0.422 e. The van der Waals surface area contributed by atoms with E-state index in [9.17, 15) is 4.79 Å². The van der Waals surface area contributed by atoms with Crippen molar-refractivity contribution in [2.75, 3.05) is 18.0 Å². The molecule has 0 unspecified atom stereocenters. The Morgan fingerprint density at radius 2 is 1.91 bits per heavy atom. The number of carbonyl (C=O) groups is 1. The number of carbonyl (C=O) groups excluding carboxylic acids is 1. The van der Waals surface area contributed by atoms with Gasteiger partial charge in [0.05, 0.1) is 6.20 Å². The smallest absolute Gasteiger partial charge is 0.355 e. The number of rotatable bonds is 4. The highest BCUT2D eigenvalue weighted by Crippen LogP contribution is 2.26. The minimum absolute atomic E-state index is 0.0171. The molecule has 1 aliphatic rings. The van der Waals surface area contributed by atoms with Crippen LogP contribution in [0.15, 0.2) is 30.5 Å². The number of anilines is 1. The monoisotopic (exact) mass is 330 g/mol. The first-order valence-electron chi connectivity index (χ1n) is 7.51. The summed E-state index contributed by atoms with van der Waals surface area (Å²) in [6.07, 6.45) is 5.16. The molecule has 0 radical (unpaired) electrons. The van der Waals surface area contributed by atoms with E-state index in [1.165, 1.54) is 30.6 Å². The van der Waals surface area contributed by atoms with Crippen LogP contribution in [0.2, 0.25) is 0 Å². The van der Waals surface area contributed by atoms with Gasteiger partial charge in [0, 0.05) is 18.7 Å². The molecule has 6 nitrogen and oxygen atoms in total. The average molecular weight is 330 g/mol. The summed E-state index contributed by atoms with van der Waals surface area (Å²) < 4.78 is 5.34. The van der Waals surface area contributed by atoms with E-state index >= 15 is 0 Å². The maximum absolute atomic E-state index is 12.2. The molecule has 0 bridgehead atoms. The standard InChI is InChI=1S/C16H18N4O2S/c17-14(18)11-4-6-12(7-5-11)22-15(21)13-10-19-16(23-13)20-8-2-1-3-9-20/h4-7,10H,1-3,8-9H2,(H3,17,18). The van der Waals surface area contributed by atoms with Gasteiger partial charge in [0.2, 0.25) is 0 Å². The maximum atomic E-state index is 12.2. The maximum Gasteiger partial charge on any atom is 0.355 e. The number of ether oxygens (including phenoxy) is 1. The zero-order chi connectivity index (χ0) is 16.2. The SMILES string of the molecule is N=C(N)c1ccc(OC(=O)c2cnc(N3CCCCC3)s2)cc1. The third-order valence-corrected chi connectivity index (χ3v) is 4.74. The summed E-state index contributed by atoms with van der Waals surface area (Å²) in [7, 11) is 0. The minimum atomic E-state index is -0.415. The van der Waals surface area contributed by atoms with Crippen LogP contribution >= 0.6 is 11.3 Å². The van der Waals surface area contributed by atoms with Gasteiger partial charge in [0.15, 0.2) is 5.13 Å². The van der Waals surface area contributed by atoms with Gasteiger partial charge < -0.3 is 15.4 Å². The van der Waals surface area contributed by atoms with Gasteiger partial charge in [-0.2, -0.15) is 0 Å². The van der Waals surface area contributed by atoms with Crippen LogP contribution in [0.4, 0.5) is 5.13 Å². The lowest BCUT2D eigenvalue weighted by atomic mass is 10.1. The molecule has 1 aromatic heterocycles. The Morgan fingerprint density at radius 1 is 1.22 bits per heavy atom. The Balaban J connectivity index is 1.66. The summed E-state index contributed by atoms with van der Waals surface area (Å²) in [6.45, 7) is 1.99. The van der Waals surface area contributed by atoms with Gasteiger partial charge in [-0.25, -0.2) is 9.78 Å². The summed E-state index contributed by atoms with van der Waals surface area (Å²) in [4.78, 5) is 19.2. The van der Waals surface area contributed by atoms with E-state index in [1.54, 1.807) is 30.5 Å². The van der Waals surface area contributed by atoms with Gasteiger partial charge in [0.25, 0.3) is 0 Å². The van der Waals surface area contributed by atoms with E-state index in [1.807, 2.05) is 0 Å². The van der Waals surface area contributed by atoms with Crippen LogP contribution in [-0.4, -0.2) is 29.9 Å². The van der Waals surface area contributed by atoms with Gasteiger partial charge in [-0.15, -0.1) is 0 Å². The molecule has 0 amide bonds. The molecular weight excluding hydrogens is 312 g/mol. The number of piperidine rings is 1. The van der Waals surface area contributed by atoms with Crippen LogP contribution in [0.25, 0.3) is 0 Å². The number of nitrogen functional groups attached to an aromatic ring is 1. The van der Waals surface area contributed by atoms with Crippen LogP contribution in [0, 0.1) is 5.41 Å². The van der Waals surface area contributed by atoms with Crippen molar-refractivity contribution in [2.24, 2.45) is 5.73 Å². The number of esters is 1. The Kier molecular flexibility index (Phi) is 4.57. The van der Waals surface area contributed by atoms with Crippen LogP contribution in [0.1, 0.15) is 34.5 Å². The average Bonchev–Trinajstić information content (AvgIpc) is 3.06. The number of hydrogen-bond donors (Lipinski definition) is 2. The summed E-state index contributed by atoms with van der Waals surface area (Å²) in [5.74, 6) is -0.00855. The van der Waals surface area contributed by atoms with E-state index in [-0.39, 0.29) is 5.84 Å². The summed E-state index contributed by atoms with van der Waals surface area (Å²) in [5.41, 5.74) is 5.99. The number of amidine groups is 1. The van der Waals surface area contributed by atoms with E-state index in [0.717, 1.165) is 18.2 Å². The van der Waals surface area contributed by atoms with E-state index in [0.29, 0.717) is 16.2 Å². The lowest BCUT2D eigenvalue weighted by molar-refractivity contribution is 0.0739. The van der Waals surface area contributed by atoms with E-state index in [2.05, 4.69) is 9.88 Å². The van der Waals surface area contributed by atoms with Gasteiger partial charge in [-0.3, -0.25) is 5.41 Å². The number of hydrogen-bond acceptors (Lipinski definition) is 6. The molecule has 1 saturated heterocycles. The van der Waals surface area contributed by atoms with Crippen molar-refractivity contribution in [1.29, 1.82) is 5.41 Å². The normalized spacial score (nSPS) is 14.5. The fraction of sp³-hybridized carbons (Fsp3) is 0.312. The van der Waals surface area contributed by atoms with Gasteiger partial charge in [0.1, 0.15) is 16.5 Å². The van der Waals surface area contributed by atoms with Crippen molar-refractivity contribution in [3.05, 3.63) is 40.9 Å². The topological polar surface area (TPSA) is 92.3 Å². The van der Waals surface area contributed by atoms with Crippen LogP contribution in [0.3, 0.4) is 0 Å². The second-order valence-corrected chi connectivity index (χ2v) is 6.39. The molecule has 120 valence electrons. The van der Waals surface area contributed by atoms with E-state index < -0.39 is 5.97 Å². The highest BCUT2D eigenvalue weighted by atomic mass is 32.1. The Morgan fingerprint density at radius 3 is 2.57 bits per heavy atom. The van der Waals surface area contributed by atoms with Crippen molar-refractivity contribution in [1.82, 2.24) is 4.98 Å². The number of aromatic nitrogens is 1. The molecule has 2 aromatic rings. The number of nitrogens with two attached hydrogens (primary N) is 1. The van der Waals surface area contributed by atoms with E-state index in [4.69, 9.17) is 15.9 Å². The molecule has 2 heterocycles. The van der Waals surface area contributed by atoms with Crippen molar-refractivity contribution in [2.45, 2.75) is 19.3 Å². The molecule has 0 saturated carbocycles. The lowest BCUT2D eigenvalue weighted by Crippen LogP contribution is -2.29. The Hall–Kier alpha value is -2.41. The van der Waals surface area contributed by atoms with Crippen molar-refractivity contribution >= 4 is 28.3 Å². The molecule has 0 aliphatic carbocycles. The van der Waals surface area contributed by atoms with Crippen molar-refractivity contribution in [3.8, 4) is 5.75 Å². The fourth-order valence-electron chi connectivity index (χ4n) is 2.45. The molecule has 0 atom stereocenters. The third kappa shape index (κ3) is 3.68. The van der Waals surface area contributed by atoms with Crippen molar-refractivity contribution < 1.29 is 9.53 Å². The highest BCUT2D eigenvalue weighted by molar-refractivity contribution is 7.17. The first-order chi connectivity index (χ1) is 11.1. The first kappa shape index (κ1) is 15.5. The number of thiazole rings is 1. The summed E-state index contributed by atoms with van der Waals surface area (Å²) in [5, 5.41) is 8.22. The predicted octanol–water partition coefficient (Wildman–Crippen LogP) is 2.64. The Bertz CT molecular complexity index is 705. The van der Waals surface area contributed by atoms with Crippen LogP contribution in [0.5, 0.6) is 5.75 Å². The Labute approximate surface area is 138 Å². The second kappa shape index (κ2) is 6.78. The molecule has 1 aliphatic heterocycles. The predicted molar refractivity (Wildman–Crippen MR) is 90.6 cm³/mol. The first-order valence-corrected chi connectivity index (χ1v) is 8.32. The van der Waals surface area contributed by atoms with Crippen LogP contribution < -0.4 is 15.4 Å². The zero-order valence-corrected chi connectivity index (χ0v) is 13.4.